The van der Waals surface area contributed by atoms with Gasteiger partial charge in [0.2, 0.25) is 5.91 Å². The fourth-order valence-electron chi connectivity index (χ4n) is 6.66. The molecule has 4 saturated carbocycles. The Morgan fingerprint density at radius 2 is 1.68 bits per heavy atom. The average molecular weight is 423 g/mol. The van der Waals surface area contributed by atoms with Crippen LogP contribution >= 0.6 is 11.3 Å². The summed E-state index contributed by atoms with van der Waals surface area (Å²) in [7, 11) is -3.38. The number of nitrogens with zero attached hydrogens (tertiary/aromatic N) is 1. The number of carbonyl (C=O) groups excluding carboxylic acids is 1. The number of thiophene rings is 1. The van der Waals surface area contributed by atoms with Crippen LogP contribution in [-0.2, 0) is 21.2 Å². The molecule has 0 unspecified atom stereocenters. The molecule has 1 aromatic heterocycles. The molecule has 6 rings (SSSR count). The molecule has 154 valence electrons. The molecule has 7 heteroatoms. The monoisotopic (exact) mass is 422 g/mol. The molecule has 28 heavy (non-hydrogen) atoms. The molecule has 1 aromatic rings. The highest BCUT2D eigenvalue weighted by Gasteiger charge is 2.50. The maximum absolute atomic E-state index is 12.7. The molecule has 5 nitrogen and oxygen atoms in total. The molecule has 0 atom stereocenters. The summed E-state index contributed by atoms with van der Waals surface area (Å²) in [5, 5.41) is 3.20. The summed E-state index contributed by atoms with van der Waals surface area (Å²) in [4.78, 5) is 13.4. The van der Waals surface area contributed by atoms with E-state index >= 15 is 0 Å². The van der Waals surface area contributed by atoms with Crippen molar-refractivity contribution in [1.29, 1.82) is 0 Å². The van der Waals surface area contributed by atoms with Gasteiger partial charge in [0.25, 0.3) is 10.0 Å². The molecule has 0 radical (unpaired) electrons. The maximum Gasteiger partial charge on any atom is 0.252 e. The van der Waals surface area contributed by atoms with Crippen LogP contribution in [0.15, 0.2) is 16.3 Å². The molecule has 1 saturated heterocycles. The van der Waals surface area contributed by atoms with E-state index in [0.29, 0.717) is 22.7 Å². The number of carbonyl (C=O) groups is 1. The van der Waals surface area contributed by atoms with E-state index < -0.39 is 10.0 Å². The van der Waals surface area contributed by atoms with Gasteiger partial charge in [0.05, 0.1) is 6.42 Å². The Bertz CT molecular complexity index is 819. The Kier molecular flexibility index (Phi) is 4.83. The average Bonchev–Trinajstić information content (AvgIpc) is 3.31. The van der Waals surface area contributed by atoms with Crippen LogP contribution < -0.4 is 5.32 Å². The molecular formula is C21H30N2O3S2. The Labute approximate surface area is 171 Å². The van der Waals surface area contributed by atoms with Crippen molar-refractivity contribution in [2.45, 2.75) is 62.0 Å². The number of nitrogens with one attached hydrogen (secondary N) is 1. The topological polar surface area (TPSA) is 66.5 Å². The largest absolute Gasteiger partial charge is 0.355 e. The van der Waals surface area contributed by atoms with Crippen molar-refractivity contribution < 1.29 is 13.2 Å². The van der Waals surface area contributed by atoms with E-state index in [1.807, 2.05) is 0 Å². The summed E-state index contributed by atoms with van der Waals surface area (Å²) in [6, 6.07) is 3.47. The first-order valence-corrected chi connectivity index (χ1v) is 13.0. The number of amides is 1. The first-order chi connectivity index (χ1) is 13.4. The maximum atomic E-state index is 12.7. The molecule has 4 aliphatic carbocycles. The first kappa shape index (κ1) is 19.1. The van der Waals surface area contributed by atoms with Gasteiger partial charge in [-0.05, 0) is 86.7 Å². The highest BCUT2D eigenvalue weighted by molar-refractivity contribution is 7.91. The quantitative estimate of drug-likeness (QED) is 0.764. The third-order valence-corrected chi connectivity index (χ3v) is 10.9. The summed E-state index contributed by atoms with van der Waals surface area (Å²) in [6.45, 7) is 2.03. The molecule has 2 heterocycles. The third kappa shape index (κ3) is 3.54. The van der Waals surface area contributed by atoms with Gasteiger partial charge < -0.3 is 5.32 Å². The molecule has 5 aliphatic rings. The summed E-state index contributed by atoms with van der Waals surface area (Å²) in [5.74, 6) is 2.69. The molecule has 1 N–H and O–H groups in total. The predicted octanol–water partition coefficient (Wildman–Crippen LogP) is 3.41. The minimum atomic E-state index is -3.38. The fraction of sp³-hybridized carbons (Fsp3) is 0.762. The van der Waals surface area contributed by atoms with Gasteiger partial charge in [-0.15, -0.1) is 11.3 Å². The van der Waals surface area contributed by atoms with E-state index in [0.717, 1.165) is 42.0 Å². The smallest absolute Gasteiger partial charge is 0.252 e. The Hall–Kier alpha value is -0.920. The second-order valence-corrected chi connectivity index (χ2v) is 13.0. The SMILES string of the molecule is O=C(Cc1ccc(S(=O)(=O)N2CCCC2)s1)NCC12CC3CC(CC(C3)C1)C2. The second kappa shape index (κ2) is 7.10. The molecular weight excluding hydrogens is 392 g/mol. The number of rotatable bonds is 6. The zero-order valence-corrected chi connectivity index (χ0v) is 18.0. The lowest BCUT2D eigenvalue weighted by Crippen LogP contribution is -2.51. The molecule has 1 amide bonds. The van der Waals surface area contributed by atoms with Crippen LogP contribution in [0.3, 0.4) is 0 Å². The number of hydrogen-bond donors (Lipinski definition) is 1. The van der Waals surface area contributed by atoms with Crippen molar-refractivity contribution in [2.24, 2.45) is 23.2 Å². The zero-order chi connectivity index (χ0) is 19.4. The zero-order valence-electron chi connectivity index (χ0n) is 16.4. The third-order valence-electron chi connectivity index (χ3n) is 7.46. The lowest BCUT2D eigenvalue weighted by Gasteiger charge is -2.56. The summed E-state index contributed by atoms with van der Waals surface area (Å²) >= 11 is 1.25. The summed E-state index contributed by atoms with van der Waals surface area (Å²) in [6.07, 6.45) is 10.3. The number of sulfonamides is 1. The summed E-state index contributed by atoms with van der Waals surface area (Å²) < 4.78 is 27.2. The molecule has 1 aliphatic heterocycles. The van der Waals surface area contributed by atoms with Gasteiger partial charge in [0.1, 0.15) is 4.21 Å². The van der Waals surface area contributed by atoms with Crippen molar-refractivity contribution in [3.05, 3.63) is 17.0 Å². The standard InChI is InChI=1S/C21H30N2O3S2/c24-19(22-14-21-11-15-7-16(12-21)9-17(8-15)13-21)10-18-3-4-20(27-18)28(25,26)23-5-1-2-6-23/h3-4,15-17H,1-2,5-14H2,(H,22,24). The van der Waals surface area contributed by atoms with E-state index in [9.17, 15) is 13.2 Å². The van der Waals surface area contributed by atoms with Crippen molar-refractivity contribution >= 4 is 27.3 Å². The van der Waals surface area contributed by atoms with Crippen LogP contribution in [0.5, 0.6) is 0 Å². The van der Waals surface area contributed by atoms with E-state index in [1.54, 1.807) is 16.4 Å². The fourth-order valence-corrected chi connectivity index (χ4v) is 9.69. The molecule has 5 fully saturated rings. The highest BCUT2D eigenvalue weighted by Crippen LogP contribution is 2.59. The van der Waals surface area contributed by atoms with E-state index in [2.05, 4.69) is 5.32 Å². The van der Waals surface area contributed by atoms with Crippen molar-refractivity contribution in [3.8, 4) is 0 Å². The minimum Gasteiger partial charge on any atom is -0.355 e. The number of hydrogen-bond acceptors (Lipinski definition) is 4. The Balaban J connectivity index is 1.18. The van der Waals surface area contributed by atoms with Crippen LogP contribution in [0.1, 0.15) is 56.2 Å². The lowest BCUT2D eigenvalue weighted by molar-refractivity contribution is -0.122. The Morgan fingerprint density at radius 1 is 1.07 bits per heavy atom. The highest BCUT2D eigenvalue weighted by atomic mass is 32.2. The van der Waals surface area contributed by atoms with Gasteiger partial charge >= 0.3 is 0 Å². The molecule has 0 spiro atoms. The van der Waals surface area contributed by atoms with Gasteiger partial charge in [-0.1, -0.05) is 0 Å². The van der Waals surface area contributed by atoms with Gasteiger partial charge in [0.15, 0.2) is 0 Å². The van der Waals surface area contributed by atoms with Crippen molar-refractivity contribution in [2.75, 3.05) is 19.6 Å². The van der Waals surface area contributed by atoms with Crippen molar-refractivity contribution in [3.63, 3.8) is 0 Å². The second-order valence-electron chi connectivity index (χ2n) is 9.70. The summed E-state index contributed by atoms with van der Waals surface area (Å²) in [5.41, 5.74) is 0.337. The van der Waals surface area contributed by atoms with Gasteiger partial charge in [-0.3, -0.25) is 4.79 Å². The van der Waals surface area contributed by atoms with Gasteiger partial charge in [-0.2, -0.15) is 4.31 Å². The molecule has 4 bridgehead atoms. The van der Waals surface area contributed by atoms with Crippen LogP contribution in [0, 0.1) is 23.2 Å². The normalized spacial score (nSPS) is 34.8. The molecule has 0 aromatic carbocycles. The first-order valence-electron chi connectivity index (χ1n) is 10.8. The lowest BCUT2D eigenvalue weighted by atomic mass is 9.49. The predicted molar refractivity (Wildman–Crippen MR) is 110 cm³/mol. The van der Waals surface area contributed by atoms with Gasteiger partial charge in [-0.25, -0.2) is 8.42 Å². The van der Waals surface area contributed by atoms with Crippen molar-refractivity contribution in [1.82, 2.24) is 9.62 Å². The van der Waals surface area contributed by atoms with E-state index in [1.165, 1.54) is 49.9 Å². The van der Waals surface area contributed by atoms with E-state index in [4.69, 9.17) is 0 Å². The van der Waals surface area contributed by atoms with Crippen LogP contribution in [0.2, 0.25) is 0 Å². The van der Waals surface area contributed by atoms with E-state index in [-0.39, 0.29) is 12.3 Å². The van der Waals surface area contributed by atoms with Crippen LogP contribution in [-0.4, -0.2) is 38.3 Å². The van der Waals surface area contributed by atoms with Crippen LogP contribution in [0.4, 0.5) is 0 Å². The van der Waals surface area contributed by atoms with Gasteiger partial charge in [0, 0.05) is 24.5 Å². The van der Waals surface area contributed by atoms with Crippen LogP contribution in [0.25, 0.3) is 0 Å². The minimum absolute atomic E-state index is 0.0303. The Morgan fingerprint density at radius 3 is 2.29 bits per heavy atom.